The van der Waals surface area contributed by atoms with E-state index in [1.165, 1.54) is 0 Å². The smallest absolute Gasteiger partial charge is 0.127 e. The van der Waals surface area contributed by atoms with E-state index in [0.717, 1.165) is 28.4 Å². The van der Waals surface area contributed by atoms with E-state index in [1.807, 2.05) is 85.1 Å². The molecule has 0 aliphatic carbocycles. The van der Waals surface area contributed by atoms with E-state index in [9.17, 15) is 0 Å². The zero-order valence-corrected chi connectivity index (χ0v) is 13.4. The summed E-state index contributed by atoms with van der Waals surface area (Å²) in [6.45, 7) is 0. The number of nitrogens with two attached hydrogens (primary N) is 1. The van der Waals surface area contributed by atoms with Crippen molar-refractivity contribution in [1.29, 1.82) is 0 Å². The molecule has 5 heteroatoms. The van der Waals surface area contributed by atoms with E-state index in [4.69, 9.17) is 10.5 Å². The Morgan fingerprint density at radius 3 is 2.32 bits per heavy atom. The van der Waals surface area contributed by atoms with E-state index in [1.54, 1.807) is 4.68 Å². The summed E-state index contributed by atoms with van der Waals surface area (Å²) in [5.41, 5.74) is 9.14. The van der Waals surface area contributed by atoms with Crippen molar-refractivity contribution in [2.75, 3.05) is 5.73 Å². The van der Waals surface area contributed by atoms with Crippen molar-refractivity contribution >= 4 is 5.69 Å². The summed E-state index contributed by atoms with van der Waals surface area (Å²) < 4.78 is 7.51. The third kappa shape index (κ3) is 3.35. The largest absolute Gasteiger partial charge is 0.457 e. The highest BCUT2D eigenvalue weighted by Crippen LogP contribution is 2.25. The van der Waals surface area contributed by atoms with Gasteiger partial charge in [-0.25, -0.2) is 4.68 Å². The average molecular weight is 328 g/mol. The van der Waals surface area contributed by atoms with Crippen molar-refractivity contribution in [3.63, 3.8) is 0 Å². The maximum atomic E-state index is 5.82. The van der Waals surface area contributed by atoms with Crippen LogP contribution in [0.1, 0.15) is 0 Å². The molecule has 0 unspecified atom stereocenters. The van der Waals surface area contributed by atoms with Crippen LogP contribution >= 0.6 is 0 Å². The summed E-state index contributed by atoms with van der Waals surface area (Å²) in [7, 11) is 0. The summed E-state index contributed by atoms with van der Waals surface area (Å²) in [5.74, 6) is 1.58. The summed E-state index contributed by atoms with van der Waals surface area (Å²) >= 11 is 0. The normalized spacial score (nSPS) is 10.6. The SMILES string of the molecule is Nc1cccc(-n2cc(-c3ccc(Oc4ccccc4)cc3)nn2)c1. The minimum Gasteiger partial charge on any atom is -0.457 e. The minimum absolute atomic E-state index is 0.692. The molecular formula is C20H16N4O. The van der Waals surface area contributed by atoms with Crippen molar-refractivity contribution in [2.24, 2.45) is 0 Å². The molecule has 3 aromatic carbocycles. The number of para-hydroxylation sites is 1. The Bertz CT molecular complexity index is 978. The van der Waals surface area contributed by atoms with Gasteiger partial charge in [-0.1, -0.05) is 29.5 Å². The van der Waals surface area contributed by atoms with Gasteiger partial charge in [0, 0.05) is 11.3 Å². The summed E-state index contributed by atoms with van der Waals surface area (Å²) in [6.07, 6.45) is 1.88. The van der Waals surface area contributed by atoms with Gasteiger partial charge >= 0.3 is 0 Å². The second-order valence-corrected chi connectivity index (χ2v) is 5.58. The number of anilines is 1. The predicted molar refractivity (Wildman–Crippen MR) is 97.7 cm³/mol. The first kappa shape index (κ1) is 15.0. The predicted octanol–water partition coefficient (Wildman–Crippen LogP) is 4.31. The lowest BCUT2D eigenvalue weighted by Gasteiger charge is -2.05. The molecule has 0 saturated carbocycles. The molecule has 0 aliphatic heterocycles. The molecule has 5 nitrogen and oxygen atoms in total. The number of nitrogens with zero attached hydrogens (tertiary/aromatic N) is 3. The van der Waals surface area contributed by atoms with Crippen LogP contribution in [0.2, 0.25) is 0 Å². The molecule has 0 spiro atoms. The molecule has 2 N–H and O–H groups in total. The van der Waals surface area contributed by atoms with Gasteiger partial charge in [0.25, 0.3) is 0 Å². The van der Waals surface area contributed by atoms with E-state index >= 15 is 0 Å². The lowest BCUT2D eigenvalue weighted by molar-refractivity contribution is 0.483. The Morgan fingerprint density at radius 2 is 1.56 bits per heavy atom. The monoisotopic (exact) mass is 328 g/mol. The highest BCUT2D eigenvalue weighted by Gasteiger charge is 2.06. The summed E-state index contributed by atoms with van der Waals surface area (Å²) in [6, 6.07) is 25.0. The fourth-order valence-electron chi connectivity index (χ4n) is 2.51. The second kappa shape index (κ2) is 6.49. The molecule has 122 valence electrons. The number of hydrogen-bond donors (Lipinski definition) is 1. The van der Waals surface area contributed by atoms with Gasteiger partial charge in [-0.15, -0.1) is 5.10 Å². The van der Waals surface area contributed by atoms with Crippen LogP contribution in [0, 0.1) is 0 Å². The Kier molecular flexibility index (Phi) is 3.88. The van der Waals surface area contributed by atoms with Gasteiger partial charge < -0.3 is 10.5 Å². The number of benzene rings is 3. The molecule has 0 bridgehead atoms. The van der Waals surface area contributed by atoms with Crippen molar-refractivity contribution in [2.45, 2.75) is 0 Å². The maximum Gasteiger partial charge on any atom is 0.127 e. The first-order valence-corrected chi connectivity index (χ1v) is 7.89. The van der Waals surface area contributed by atoms with Crippen LogP contribution in [0.3, 0.4) is 0 Å². The molecule has 0 aliphatic rings. The van der Waals surface area contributed by atoms with Gasteiger partial charge in [-0.05, 0) is 54.6 Å². The quantitative estimate of drug-likeness (QED) is 0.567. The zero-order chi connectivity index (χ0) is 17.1. The van der Waals surface area contributed by atoms with Gasteiger partial charge in [0.2, 0.25) is 0 Å². The van der Waals surface area contributed by atoms with Crippen LogP contribution in [0.5, 0.6) is 11.5 Å². The van der Waals surface area contributed by atoms with Crippen LogP contribution in [0.15, 0.2) is 85.1 Å². The Morgan fingerprint density at radius 1 is 0.800 bits per heavy atom. The van der Waals surface area contributed by atoms with E-state index in [0.29, 0.717) is 5.69 Å². The highest BCUT2D eigenvalue weighted by molar-refractivity contribution is 5.60. The van der Waals surface area contributed by atoms with E-state index < -0.39 is 0 Å². The highest BCUT2D eigenvalue weighted by atomic mass is 16.5. The Balaban J connectivity index is 1.55. The van der Waals surface area contributed by atoms with E-state index in [2.05, 4.69) is 10.3 Å². The Labute approximate surface area is 145 Å². The molecule has 4 rings (SSSR count). The van der Waals surface area contributed by atoms with Crippen molar-refractivity contribution in [1.82, 2.24) is 15.0 Å². The third-order valence-electron chi connectivity index (χ3n) is 3.76. The number of ether oxygens (including phenoxy) is 1. The molecule has 4 aromatic rings. The summed E-state index contributed by atoms with van der Waals surface area (Å²) in [5, 5.41) is 8.41. The number of rotatable bonds is 4. The second-order valence-electron chi connectivity index (χ2n) is 5.58. The molecule has 25 heavy (non-hydrogen) atoms. The molecule has 0 amide bonds. The minimum atomic E-state index is 0.692. The van der Waals surface area contributed by atoms with Gasteiger partial charge in [0.05, 0.1) is 11.9 Å². The van der Waals surface area contributed by atoms with Crippen LogP contribution in [0.25, 0.3) is 16.9 Å². The summed E-state index contributed by atoms with van der Waals surface area (Å²) in [4.78, 5) is 0. The lowest BCUT2D eigenvalue weighted by atomic mass is 10.1. The molecule has 0 saturated heterocycles. The third-order valence-corrected chi connectivity index (χ3v) is 3.76. The molecule has 0 radical (unpaired) electrons. The molecule has 0 atom stereocenters. The van der Waals surface area contributed by atoms with Crippen molar-refractivity contribution < 1.29 is 4.74 Å². The van der Waals surface area contributed by atoms with Crippen LogP contribution in [0.4, 0.5) is 5.69 Å². The average Bonchev–Trinajstić information content (AvgIpc) is 3.13. The molecule has 1 aromatic heterocycles. The first-order valence-electron chi connectivity index (χ1n) is 7.89. The standard InChI is InChI=1S/C20H16N4O/c21-16-5-4-6-17(13-16)24-14-20(22-23-24)15-9-11-19(12-10-15)25-18-7-2-1-3-8-18/h1-14H,21H2. The number of hydrogen-bond acceptors (Lipinski definition) is 4. The number of nitrogen functional groups attached to an aromatic ring is 1. The fourth-order valence-corrected chi connectivity index (χ4v) is 2.51. The molecule has 1 heterocycles. The van der Waals surface area contributed by atoms with Crippen LogP contribution < -0.4 is 10.5 Å². The first-order chi connectivity index (χ1) is 12.3. The van der Waals surface area contributed by atoms with Gasteiger partial charge in [0.1, 0.15) is 17.2 Å². The Hall–Kier alpha value is -3.60. The topological polar surface area (TPSA) is 66.0 Å². The number of aromatic nitrogens is 3. The van der Waals surface area contributed by atoms with Crippen LogP contribution in [-0.2, 0) is 0 Å². The zero-order valence-electron chi connectivity index (χ0n) is 13.4. The van der Waals surface area contributed by atoms with Crippen molar-refractivity contribution in [3.05, 3.63) is 85.1 Å². The van der Waals surface area contributed by atoms with E-state index in [-0.39, 0.29) is 0 Å². The molecular weight excluding hydrogens is 312 g/mol. The van der Waals surface area contributed by atoms with Gasteiger partial charge in [-0.3, -0.25) is 0 Å². The fraction of sp³-hybridized carbons (Fsp3) is 0. The molecule has 0 fully saturated rings. The van der Waals surface area contributed by atoms with Gasteiger partial charge in [-0.2, -0.15) is 0 Å². The van der Waals surface area contributed by atoms with Crippen LogP contribution in [-0.4, -0.2) is 15.0 Å². The van der Waals surface area contributed by atoms with Crippen molar-refractivity contribution in [3.8, 4) is 28.4 Å². The van der Waals surface area contributed by atoms with Gasteiger partial charge in [0.15, 0.2) is 0 Å². The lowest BCUT2D eigenvalue weighted by Crippen LogP contribution is -1.95. The maximum absolute atomic E-state index is 5.82.